The molecule has 7 N–H and O–H groups in total. The Hall–Kier alpha value is -2.93. The predicted octanol–water partition coefficient (Wildman–Crippen LogP) is -0.247. The van der Waals surface area contributed by atoms with Crippen LogP contribution in [-0.4, -0.2) is 56.0 Å². The van der Waals surface area contributed by atoms with E-state index in [0.29, 0.717) is 5.56 Å². The molecule has 4 unspecified atom stereocenters. The molecule has 3 aliphatic rings. The van der Waals surface area contributed by atoms with Crippen LogP contribution in [-0.2, 0) is 25.6 Å². The number of amides is 2. The Morgan fingerprint density at radius 3 is 2.55 bits per heavy atom. The molecule has 0 aliphatic heterocycles. The number of aromatic hydroxyl groups is 1. The first-order valence-electron chi connectivity index (χ1n) is 9.24. The number of nitrogens with two attached hydrogens (primary N) is 1. The summed E-state index contributed by atoms with van der Waals surface area (Å²) in [5.74, 6) is -7.52. The van der Waals surface area contributed by atoms with Crippen molar-refractivity contribution in [2.45, 2.75) is 24.5 Å². The Balaban J connectivity index is 1.98. The summed E-state index contributed by atoms with van der Waals surface area (Å²) < 4.78 is 0.727. The molecule has 4 rings (SSSR count). The van der Waals surface area contributed by atoms with Gasteiger partial charge in [0.05, 0.1) is 11.6 Å². The summed E-state index contributed by atoms with van der Waals surface area (Å²) in [5, 5.41) is 45.3. The number of carbonyl (C=O) groups is 4. The molecule has 1 fully saturated rings. The van der Waals surface area contributed by atoms with Gasteiger partial charge in [0.25, 0.3) is 5.91 Å². The fraction of sp³-hybridized carbons (Fsp3) is 0.300. The van der Waals surface area contributed by atoms with Crippen molar-refractivity contribution in [1.29, 1.82) is 0 Å². The first-order chi connectivity index (χ1) is 14.5. The standard InChI is InChI=1S/C20H17IN2O8/c21-9-1-2-10(25)12-7(9)3-6-4-8-14(23-5-24)16(27)13(19(22)30)18(29)20(8,31)17(28)11(6)15(12)26/h1-2,5-6,8,14,25-26,29,31H,3-4H2,(H2,22,30)(H,23,24). The summed E-state index contributed by atoms with van der Waals surface area (Å²) in [6.45, 7) is 0. The van der Waals surface area contributed by atoms with Crippen LogP contribution in [0, 0.1) is 15.4 Å². The predicted molar refractivity (Wildman–Crippen MR) is 112 cm³/mol. The van der Waals surface area contributed by atoms with Gasteiger partial charge in [0, 0.05) is 15.1 Å². The van der Waals surface area contributed by atoms with Crippen LogP contribution in [0.5, 0.6) is 5.75 Å². The van der Waals surface area contributed by atoms with E-state index in [9.17, 15) is 39.6 Å². The summed E-state index contributed by atoms with van der Waals surface area (Å²) in [6.07, 6.45) is 0.309. The summed E-state index contributed by atoms with van der Waals surface area (Å²) >= 11 is 2.02. The number of nitrogens with one attached hydrogen (secondary N) is 1. The minimum atomic E-state index is -2.77. The zero-order chi connectivity index (χ0) is 22.8. The molecule has 0 bridgehead atoms. The SMILES string of the molecule is NC(=O)C1=C(O)C2(O)C(=O)C3=C(O)c4c(O)ccc(I)c4CC3CC2C(NC=O)C1=O. The molecule has 4 atom stereocenters. The molecule has 11 heteroatoms. The first-order valence-corrected chi connectivity index (χ1v) is 10.3. The van der Waals surface area contributed by atoms with E-state index >= 15 is 0 Å². The third kappa shape index (κ3) is 2.72. The molecular formula is C20H17IN2O8. The molecule has 10 nitrogen and oxygen atoms in total. The number of fused-ring (bicyclic) bond motifs is 3. The van der Waals surface area contributed by atoms with Crippen molar-refractivity contribution >= 4 is 52.2 Å². The van der Waals surface area contributed by atoms with Gasteiger partial charge < -0.3 is 31.5 Å². The Labute approximate surface area is 188 Å². The van der Waals surface area contributed by atoms with Gasteiger partial charge in [0.2, 0.25) is 12.2 Å². The number of rotatable bonds is 3. The number of benzene rings is 1. The highest BCUT2D eigenvalue weighted by atomic mass is 127. The third-order valence-electron chi connectivity index (χ3n) is 6.27. The largest absolute Gasteiger partial charge is 0.508 e. The van der Waals surface area contributed by atoms with Crippen molar-refractivity contribution in [3.05, 3.63) is 43.7 Å². The number of phenolic OH excluding ortho intramolecular Hbond substituents is 1. The van der Waals surface area contributed by atoms with Gasteiger partial charge in [-0.15, -0.1) is 0 Å². The highest BCUT2D eigenvalue weighted by Gasteiger charge is 2.63. The topological polar surface area (TPSA) is 187 Å². The molecule has 0 saturated heterocycles. The number of hydrogen-bond acceptors (Lipinski definition) is 8. The van der Waals surface area contributed by atoms with Crippen LogP contribution in [0.1, 0.15) is 17.5 Å². The van der Waals surface area contributed by atoms with E-state index in [1.54, 1.807) is 6.07 Å². The van der Waals surface area contributed by atoms with Gasteiger partial charge in [-0.25, -0.2) is 0 Å². The highest BCUT2D eigenvalue weighted by Crippen LogP contribution is 2.52. The van der Waals surface area contributed by atoms with Gasteiger partial charge >= 0.3 is 0 Å². The average molecular weight is 540 g/mol. The molecule has 0 radical (unpaired) electrons. The van der Waals surface area contributed by atoms with Gasteiger partial charge in [-0.05, 0) is 59.0 Å². The number of aliphatic hydroxyl groups is 3. The molecule has 31 heavy (non-hydrogen) atoms. The molecule has 1 aromatic carbocycles. The first kappa shape index (κ1) is 21.3. The fourth-order valence-electron chi connectivity index (χ4n) is 4.90. The highest BCUT2D eigenvalue weighted by molar-refractivity contribution is 14.1. The van der Waals surface area contributed by atoms with E-state index in [1.807, 2.05) is 22.6 Å². The average Bonchev–Trinajstić information content (AvgIpc) is 2.70. The van der Waals surface area contributed by atoms with Crippen molar-refractivity contribution in [1.82, 2.24) is 5.32 Å². The second kappa shape index (κ2) is 7.05. The van der Waals surface area contributed by atoms with Gasteiger partial charge in [-0.2, -0.15) is 0 Å². The van der Waals surface area contributed by atoms with Crippen LogP contribution >= 0.6 is 22.6 Å². The minimum absolute atomic E-state index is 0.0431. The number of aliphatic hydroxyl groups excluding tert-OH is 2. The van der Waals surface area contributed by atoms with Gasteiger partial charge in [0.15, 0.2) is 11.4 Å². The maximum atomic E-state index is 13.4. The third-order valence-corrected chi connectivity index (χ3v) is 7.28. The minimum Gasteiger partial charge on any atom is -0.508 e. The van der Waals surface area contributed by atoms with E-state index in [0.717, 1.165) is 3.57 Å². The van der Waals surface area contributed by atoms with Crippen molar-refractivity contribution in [3.8, 4) is 5.75 Å². The molecule has 162 valence electrons. The number of carbonyl (C=O) groups excluding carboxylic acids is 4. The molecule has 0 heterocycles. The summed E-state index contributed by atoms with van der Waals surface area (Å²) in [5.41, 5.74) is 1.82. The number of primary amides is 1. The lowest BCUT2D eigenvalue weighted by atomic mass is 9.57. The molecule has 0 aromatic heterocycles. The van der Waals surface area contributed by atoms with Crippen LogP contribution in [0.25, 0.3) is 5.76 Å². The zero-order valence-electron chi connectivity index (χ0n) is 15.8. The van der Waals surface area contributed by atoms with E-state index in [2.05, 4.69) is 5.32 Å². The molecule has 3 aliphatic carbocycles. The Morgan fingerprint density at radius 1 is 1.26 bits per heavy atom. The van der Waals surface area contributed by atoms with Gasteiger partial charge in [-0.1, -0.05) is 0 Å². The smallest absolute Gasteiger partial charge is 0.255 e. The maximum absolute atomic E-state index is 13.4. The normalized spacial score (nSPS) is 29.8. The lowest BCUT2D eigenvalue weighted by molar-refractivity contribution is -0.151. The molecule has 2 amide bonds. The summed E-state index contributed by atoms with van der Waals surface area (Å²) in [7, 11) is 0. The molecule has 0 spiro atoms. The van der Waals surface area contributed by atoms with Crippen molar-refractivity contribution in [2.24, 2.45) is 17.6 Å². The monoisotopic (exact) mass is 540 g/mol. The Bertz CT molecular complexity index is 1140. The van der Waals surface area contributed by atoms with Crippen LogP contribution < -0.4 is 11.1 Å². The second-order valence-corrected chi connectivity index (χ2v) is 8.90. The number of Topliss-reactive ketones (excluding diaryl/α,β-unsaturated/α-hetero) is 2. The van der Waals surface area contributed by atoms with E-state index < -0.39 is 58.0 Å². The second-order valence-electron chi connectivity index (χ2n) is 7.74. The van der Waals surface area contributed by atoms with Crippen LogP contribution in [0.3, 0.4) is 0 Å². The Morgan fingerprint density at radius 2 is 1.94 bits per heavy atom. The molecule has 1 saturated carbocycles. The van der Waals surface area contributed by atoms with Crippen molar-refractivity contribution in [3.63, 3.8) is 0 Å². The lowest BCUT2D eigenvalue weighted by Gasteiger charge is -2.48. The summed E-state index contributed by atoms with van der Waals surface area (Å²) in [4.78, 5) is 49.1. The fourth-order valence-corrected chi connectivity index (χ4v) is 5.57. The maximum Gasteiger partial charge on any atom is 0.255 e. The quantitative estimate of drug-likeness (QED) is 0.172. The molecule has 1 aromatic rings. The lowest BCUT2D eigenvalue weighted by Crippen LogP contribution is -2.66. The Kier molecular flexibility index (Phi) is 4.85. The van der Waals surface area contributed by atoms with E-state index in [4.69, 9.17) is 5.73 Å². The molecular weight excluding hydrogens is 523 g/mol. The van der Waals surface area contributed by atoms with Crippen molar-refractivity contribution in [2.75, 3.05) is 0 Å². The number of halogens is 1. The number of hydrogen-bond donors (Lipinski definition) is 6. The zero-order valence-corrected chi connectivity index (χ0v) is 17.9. The summed E-state index contributed by atoms with van der Waals surface area (Å²) in [6, 6.07) is 1.51. The van der Waals surface area contributed by atoms with Gasteiger partial charge in [-0.3, -0.25) is 19.2 Å². The van der Waals surface area contributed by atoms with Crippen LogP contribution in [0.4, 0.5) is 0 Å². The number of ketones is 2. The van der Waals surface area contributed by atoms with Gasteiger partial charge in [0.1, 0.15) is 22.8 Å². The van der Waals surface area contributed by atoms with Crippen LogP contribution in [0.2, 0.25) is 0 Å². The van der Waals surface area contributed by atoms with Crippen LogP contribution in [0.15, 0.2) is 29.0 Å². The van der Waals surface area contributed by atoms with E-state index in [1.165, 1.54) is 6.07 Å². The van der Waals surface area contributed by atoms with E-state index in [-0.39, 0.29) is 36.1 Å². The van der Waals surface area contributed by atoms with Crippen molar-refractivity contribution < 1.29 is 39.6 Å². The number of phenols is 1.